The second kappa shape index (κ2) is 6.95. The largest absolute Gasteiger partial charge is 0.416 e. The lowest BCUT2D eigenvalue weighted by Crippen LogP contribution is -2.60. The van der Waals surface area contributed by atoms with Gasteiger partial charge in [-0.05, 0) is 23.8 Å². The maximum absolute atomic E-state index is 12.9. The molecule has 12 heteroatoms. The molecular formula is C17H17F3N6O2S. The zero-order chi connectivity index (χ0) is 20.8. The highest BCUT2D eigenvalue weighted by Gasteiger charge is 2.37. The van der Waals surface area contributed by atoms with Crippen LogP contribution in [0.25, 0.3) is 5.65 Å². The minimum absolute atomic E-state index is 0.0996. The summed E-state index contributed by atoms with van der Waals surface area (Å²) < 4.78 is 66.6. The molecule has 2 aromatic heterocycles. The third-order valence-corrected chi connectivity index (χ3v) is 6.76. The first-order valence-corrected chi connectivity index (χ1v) is 10.3. The number of likely N-dealkylation sites (N-methyl/N-ethyl adjacent to an activating group) is 1. The van der Waals surface area contributed by atoms with Crippen molar-refractivity contribution in [2.45, 2.75) is 18.0 Å². The monoisotopic (exact) mass is 426 g/mol. The van der Waals surface area contributed by atoms with Gasteiger partial charge in [0.2, 0.25) is 10.0 Å². The number of hydrogen-bond acceptors (Lipinski definition) is 6. The van der Waals surface area contributed by atoms with Crippen LogP contribution in [0.3, 0.4) is 0 Å². The first kappa shape index (κ1) is 19.6. The summed E-state index contributed by atoms with van der Waals surface area (Å²) in [6, 6.07) is 7.63. The first-order chi connectivity index (χ1) is 13.6. The number of sulfonamides is 1. The molecule has 0 aliphatic carbocycles. The van der Waals surface area contributed by atoms with E-state index in [0.29, 0.717) is 24.6 Å². The smallest absolute Gasteiger partial charge is 0.352 e. The van der Waals surface area contributed by atoms with Gasteiger partial charge in [0, 0.05) is 20.1 Å². The van der Waals surface area contributed by atoms with Gasteiger partial charge in [0.05, 0.1) is 17.4 Å². The molecule has 0 spiro atoms. The Morgan fingerprint density at radius 1 is 1.21 bits per heavy atom. The molecule has 0 atom stereocenters. The minimum atomic E-state index is -4.51. The van der Waals surface area contributed by atoms with Gasteiger partial charge in [0.15, 0.2) is 5.65 Å². The van der Waals surface area contributed by atoms with Gasteiger partial charge in [-0.25, -0.2) is 8.42 Å². The maximum Gasteiger partial charge on any atom is 0.416 e. The fourth-order valence-corrected chi connectivity index (χ4v) is 4.53. The third-order valence-electron chi connectivity index (χ3n) is 4.89. The molecule has 0 unspecified atom stereocenters. The topological polar surface area (TPSA) is 83.7 Å². The number of halogens is 3. The molecule has 1 aromatic carbocycles. The van der Waals surface area contributed by atoms with Crippen molar-refractivity contribution in [3.8, 4) is 0 Å². The fraction of sp³-hybridized carbons (Fsp3) is 0.353. The minimum Gasteiger partial charge on any atom is -0.352 e. The quantitative estimate of drug-likeness (QED) is 0.619. The highest BCUT2D eigenvalue weighted by Crippen LogP contribution is 2.30. The predicted molar refractivity (Wildman–Crippen MR) is 98.6 cm³/mol. The summed E-state index contributed by atoms with van der Waals surface area (Å²) in [7, 11) is -2.33. The molecule has 29 heavy (non-hydrogen) atoms. The summed E-state index contributed by atoms with van der Waals surface area (Å²) in [5, 5.41) is 12.0. The lowest BCUT2D eigenvalue weighted by Gasteiger charge is -2.43. The molecule has 0 amide bonds. The van der Waals surface area contributed by atoms with E-state index in [-0.39, 0.29) is 11.6 Å². The molecule has 1 saturated heterocycles. The van der Waals surface area contributed by atoms with Gasteiger partial charge >= 0.3 is 6.18 Å². The van der Waals surface area contributed by atoms with Crippen molar-refractivity contribution < 1.29 is 21.6 Å². The molecule has 0 N–H and O–H groups in total. The van der Waals surface area contributed by atoms with Gasteiger partial charge in [-0.1, -0.05) is 18.2 Å². The number of benzene rings is 1. The highest BCUT2D eigenvalue weighted by atomic mass is 32.2. The van der Waals surface area contributed by atoms with E-state index in [1.807, 2.05) is 4.90 Å². The summed E-state index contributed by atoms with van der Waals surface area (Å²) in [5.74, 6) is 0.173. The van der Waals surface area contributed by atoms with E-state index in [1.165, 1.54) is 34.3 Å². The van der Waals surface area contributed by atoms with E-state index in [1.54, 1.807) is 12.1 Å². The Kier molecular flexibility index (Phi) is 4.69. The Morgan fingerprint density at radius 3 is 2.69 bits per heavy atom. The normalized spacial score (nSPS) is 15.8. The van der Waals surface area contributed by atoms with Crippen LogP contribution in [-0.4, -0.2) is 58.7 Å². The Hall–Kier alpha value is -2.73. The van der Waals surface area contributed by atoms with Crippen LogP contribution in [0.15, 0.2) is 42.7 Å². The Balaban J connectivity index is 1.42. The molecule has 4 rings (SSSR count). The molecule has 0 bridgehead atoms. The van der Waals surface area contributed by atoms with E-state index in [9.17, 15) is 21.6 Å². The Bertz CT molecular complexity index is 1140. The number of fused-ring (bicyclic) bond motifs is 1. The van der Waals surface area contributed by atoms with E-state index in [2.05, 4.69) is 15.3 Å². The summed E-state index contributed by atoms with van der Waals surface area (Å²) in [5.41, 5.74) is -0.160. The summed E-state index contributed by atoms with van der Waals surface area (Å²) in [4.78, 5) is 1.90. The molecule has 0 saturated carbocycles. The summed E-state index contributed by atoms with van der Waals surface area (Å²) in [6.07, 6.45) is -3.04. The summed E-state index contributed by atoms with van der Waals surface area (Å²) in [6.45, 7) is 0.859. The molecule has 3 aromatic rings. The predicted octanol–water partition coefficient (Wildman–Crippen LogP) is 1.79. The van der Waals surface area contributed by atoms with Crippen molar-refractivity contribution in [3.05, 3.63) is 53.9 Å². The van der Waals surface area contributed by atoms with Gasteiger partial charge in [-0.15, -0.1) is 15.3 Å². The van der Waals surface area contributed by atoms with E-state index < -0.39 is 27.5 Å². The van der Waals surface area contributed by atoms with Crippen LogP contribution in [-0.2, 0) is 22.0 Å². The SMILES string of the molecule is CN(C1CN(c2ccc3nncn3n2)C1)S(=O)(=O)Cc1cccc(C(F)(F)F)c1. The number of hydrogen-bond donors (Lipinski definition) is 0. The molecule has 8 nitrogen and oxygen atoms in total. The number of nitrogens with zero attached hydrogens (tertiary/aromatic N) is 6. The van der Waals surface area contributed by atoms with Crippen LogP contribution in [0.5, 0.6) is 0 Å². The van der Waals surface area contributed by atoms with Crippen molar-refractivity contribution in [1.82, 2.24) is 24.1 Å². The van der Waals surface area contributed by atoms with Gasteiger partial charge in [0.25, 0.3) is 0 Å². The van der Waals surface area contributed by atoms with E-state index in [0.717, 1.165) is 12.1 Å². The highest BCUT2D eigenvalue weighted by molar-refractivity contribution is 7.88. The lowest BCUT2D eigenvalue weighted by molar-refractivity contribution is -0.137. The van der Waals surface area contributed by atoms with Crippen LogP contribution in [0.4, 0.5) is 19.0 Å². The van der Waals surface area contributed by atoms with Crippen LogP contribution >= 0.6 is 0 Å². The van der Waals surface area contributed by atoms with Gasteiger partial charge in [-0.3, -0.25) is 0 Å². The molecule has 1 aliphatic heterocycles. The lowest BCUT2D eigenvalue weighted by atomic mass is 10.1. The zero-order valence-electron chi connectivity index (χ0n) is 15.3. The average molecular weight is 426 g/mol. The standard InChI is InChI=1S/C17H17F3N6O2S/c1-24(29(27,28)10-12-3-2-4-13(7-12)17(18,19)20)14-8-25(9-14)16-6-5-15-22-21-11-26(15)23-16/h2-7,11,14H,8-10H2,1H3. The number of anilines is 1. The molecule has 3 heterocycles. The second-order valence-electron chi connectivity index (χ2n) is 6.85. The van der Waals surface area contributed by atoms with E-state index in [4.69, 9.17) is 0 Å². The molecule has 1 aliphatic rings. The molecular weight excluding hydrogens is 409 g/mol. The van der Waals surface area contributed by atoms with Crippen LogP contribution in [0, 0.1) is 0 Å². The van der Waals surface area contributed by atoms with E-state index >= 15 is 0 Å². The van der Waals surface area contributed by atoms with Gasteiger partial charge in [0.1, 0.15) is 12.1 Å². The third kappa shape index (κ3) is 3.90. The van der Waals surface area contributed by atoms with Crippen molar-refractivity contribution in [2.24, 2.45) is 0 Å². The maximum atomic E-state index is 12.9. The Morgan fingerprint density at radius 2 is 1.97 bits per heavy atom. The summed E-state index contributed by atoms with van der Waals surface area (Å²) >= 11 is 0. The molecule has 0 radical (unpaired) electrons. The number of aromatic nitrogens is 4. The van der Waals surface area contributed by atoms with Crippen molar-refractivity contribution >= 4 is 21.5 Å². The Labute approximate surface area is 164 Å². The number of rotatable bonds is 5. The van der Waals surface area contributed by atoms with Crippen LogP contribution in [0.2, 0.25) is 0 Å². The van der Waals surface area contributed by atoms with Gasteiger partial charge < -0.3 is 4.90 Å². The van der Waals surface area contributed by atoms with Crippen molar-refractivity contribution in [1.29, 1.82) is 0 Å². The zero-order valence-corrected chi connectivity index (χ0v) is 16.1. The van der Waals surface area contributed by atoms with Gasteiger partial charge in [-0.2, -0.15) is 22.0 Å². The average Bonchev–Trinajstić information content (AvgIpc) is 3.07. The molecule has 1 fully saturated rings. The molecule has 154 valence electrons. The first-order valence-electron chi connectivity index (χ1n) is 8.67. The second-order valence-corrected chi connectivity index (χ2v) is 8.88. The van der Waals surface area contributed by atoms with Crippen molar-refractivity contribution in [3.63, 3.8) is 0 Å². The fourth-order valence-electron chi connectivity index (χ4n) is 3.14. The van der Waals surface area contributed by atoms with Crippen molar-refractivity contribution in [2.75, 3.05) is 25.0 Å². The van der Waals surface area contributed by atoms with Crippen LogP contribution in [0.1, 0.15) is 11.1 Å². The van der Waals surface area contributed by atoms with Crippen LogP contribution < -0.4 is 4.90 Å². The number of alkyl halides is 3.